The van der Waals surface area contributed by atoms with E-state index in [-0.39, 0.29) is 23.5 Å². The quantitative estimate of drug-likeness (QED) is 0.374. The Bertz CT molecular complexity index is 1320. The normalized spacial score (nSPS) is 15.3. The molecular formula is C23H25ClN8O2S. The molecule has 0 spiro atoms. The summed E-state index contributed by atoms with van der Waals surface area (Å²) in [6.45, 7) is 1.86. The first kappa shape index (κ1) is 24.7. The summed E-state index contributed by atoms with van der Waals surface area (Å²) >= 11 is 1.16. The van der Waals surface area contributed by atoms with Gasteiger partial charge in [-0.3, -0.25) is 4.68 Å². The Labute approximate surface area is 212 Å². The maximum absolute atomic E-state index is 11.9. The Hall–Kier alpha value is -3.41. The average Bonchev–Trinajstić information content (AvgIpc) is 3.54. The molecule has 1 aliphatic rings. The van der Waals surface area contributed by atoms with Crippen LogP contribution < -0.4 is 10.6 Å². The van der Waals surface area contributed by atoms with Gasteiger partial charge in [-0.2, -0.15) is 5.10 Å². The molecule has 1 saturated heterocycles. The van der Waals surface area contributed by atoms with E-state index in [2.05, 4.69) is 37.0 Å². The van der Waals surface area contributed by atoms with Crippen LogP contribution in [0.2, 0.25) is 0 Å². The zero-order valence-corrected chi connectivity index (χ0v) is 20.9. The van der Waals surface area contributed by atoms with Gasteiger partial charge in [0.1, 0.15) is 5.82 Å². The minimum absolute atomic E-state index is 0. The largest absolute Gasteiger partial charge is 0.464 e. The molecule has 1 atom stereocenters. The van der Waals surface area contributed by atoms with Crippen molar-refractivity contribution in [2.24, 2.45) is 7.05 Å². The van der Waals surface area contributed by atoms with Crippen molar-refractivity contribution in [3.8, 4) is 33.1 Å². The topological polar surface area (TPSA) is 120 Å². The number of nitrogens with one attached hydrogen (secondary N) is 2. The summed E-state index contributed by atoms with van der Waals surface area (Å²) in [4.78, 5) is 21.4. The van der Waals surface area contributed by atoms with E-state index in [0.717, 1.165) is 54.0 Å². The standard InChI is InChI=1S/C23H24N8O2S.ClH/c1-31-13-16(10-26-31)14-5-3-6-15(9-14)19-25-12-18(21-29-30-22(34-21)23(32)33-2)20(28-19)27-17-7-4-8-24-11-17;/h3,5-6,9-10,12-13,17,24H,4,7-8,11H2,1-2H3,(H,25,27,28);1H. The lowest BCUT2D eigenvalue weighted by Gasteiger charge is -2.25. The molecule has 1 aliphatic heterocycles. The summed E-state index contributed by atoms with van der Waals surface area (Å²) in [5.74, 6) is 0.746. The van der Waals surface area contributed by atoms with Gasteiger partial charge in [0.05, 0.1) is 18.9 Å². The third kappa shape index (κ3) is 5.47. The van der Waals surface area contributed by atoms with Gasteiger partial charge in [-0.05, 0) is 31.0 Å². The highest BCUT2D eigenvalue weighted by atomic mass is 35.5. The van der Waals surface area contributed by atoms with Crippen molar-refractivity contribution < 1.29 is 9.53 Å². The first-order valence-electron chi connectivity index (χ1n) is 11.0. The molecule has 4 heterocycles. The molecule has 10 nitrogen and oxygen atoms in total. The fourth-order valence-corrected chi connectivity index (χ4v) is 4.64. The van der Waals surface area contributed by atoms with E-state index in [9.17, 15) is 4.79 Å². The van der Waals surface area contributed by atoms with E-state index in [1.807, 2.05) is 37.6 Å². The number of anilines is 1. The number of aryl methyl sites for hydroxylation is 1. The third-order valence-corrected chi connectivity index (χ3v) is 6.54. The Balaban J connectivity index is 0.00000289. The number of benzene rings is 1. The van der Waals surface area contributed by atoms with Crippen molar-refractivity contribution in [2.75, 3.05) is 25.5 Å². The minimum Gasteiger partial charge on any atom is -0.464 e. The molecule has 1 fully saturated rings. The van der Waals surface area contributed by atoms with Crippen LogP contribution in [-0.2, 0) is 11.8 Å². The predicted molar refractivity (Wildman–Crippen MR) is 137 cm³/mol. The number of halogens is 1. The van der Waals surface area contributed by atoms with E-state index in [1.54, 1.807) is 10.9 Å². The average molecular weight is 513 g/mol. The summed E-state index contributed by atoms with van der Waals surface area (Å²) < 4.78 is 6.55. The monoisotopic (exact) mass is 512 g/mol. The van der Waals surface area contributed by atoms with Crippen LogP contribution in [-0.4, -0.2) is 62.2 Å². The second-order valence-corrected chi connectivity index (χ2v) is 9.01. The van der Waals surface area contributed by atoms with Crippen LogP contribution >= 0.6 is 23.7 Å². The van der Waals surface area contributed by atoms with E-state index < -0.39 is 5.97 Å². The highest BCUT2D eigenvalue weighted by Crippen LogP contribution is 2.32. The van der Waals surface area contributed by atoms with E-state index in [4.69, 9.17) is 9.72 Å². The molecule has 1 unspecified atom stereocenters. The van der Waals surface area contributed by atoms with Crippen LogP contribution in [0.25, 0.3) is 33.1 Å². The number of ether oxygens (including phenoxy) is 1. The number of esters is 1. The summed E-state index contributed by atoms with van der Waals surface area (Å²) in [6, 6.07) is 8.29. The van der Waals surface area contributed by atoms with Crippen LogP contribution in [0.4, 0.5) is 5.82 Å². The fourth-order valence-electron chi connectivity index (χ4n) is 3.87. The van der Waals surface area contributed by atoms with Crippen LogP contribution in [0.3, 0.4) is 0 Å². The molecule has 0 radical (unpaired) electrons. The molecule has 0 saturated carbocycles. The third-order valence-electron chi connectivity index (χ3n) is 5.60. The maximum atomic E-state index is 11.9. The zero-order chi connectivity index (χ0) is 23.5. The van der Waals surface area contributed by atoms with Crippen molar-refractivity contribution in [1.82, 2.24) is 35.3 Å². The lowest BCUT2D eigenvalue weighted by Crippen LogP contribution is -2.38. The summed E-state index contributed by atoms with van der Waals surface area (Å²) in [6.07, 6.45) is 7.66. The molecule has 182 valence electrons. The van der Waals surface area contributed by atoms with Gasteiger partial charge in [0, 0.05) is 43.2 Å². The molecule has 0 amide bonds. The van der Waals surface area contributed by atoms with Crippen molar-refractivity contribution in [3.05, 3.63) is 47.9 Å². The van der Waals surface area contributed by atoms with E-state index in [1.165, 1.54) is 7.11 Å². The molecule has 35 heavy (non-hydrogen) atoms. The van der Waals surface area contributed by atoms with Gasteiger partial charge in [0.25, 0.3) is 0 Å². The van der Waals surface area contributed by atoms with E-state index >= 15 is 0 Å². The van der Waals surface area contributed by atoms with Crippen LogP contribution in [0, 0.1) is 0 Å². The Morgan fingerprint density at radius 2 is 2.09 bits per heavy atom. The molecule has 2 N–H and O–H groups in total. The zero-order valence-electron chi connectivity index (χ0n) is 19.3. The molecule has 12 heteroatoms. The predicted octanol–water partition coefficient (Wildman–Crippen LogP) is 3.43. The second kappa shape index (κ2) is 10.9. The number of piperidine rings is 1. The summed E-state index contributed by atoms with van der Waals surface area (Å²) in [5, 5.41) is 20.1. The van der Waals surface area contributed by atoms with Crippen molar-refractivity contribution in [2.45, 2.75) is 18.9 Å². The second-order valence-electron chi connectivity index (χ2n) is 8.03. The molecule has 0 bridgehead atoms. The Morgan fingerprint density at radius 1 is 1.23 bits per heavy atom. The van der Waals surface area contributed by atoms with E-state index in [0.29, 0.717) is 22.2 Å². The van der Waals surface area contributed by atoms with Crippen molar-refractivity contribution >= 4 is 35.5 Å². The number of hydrogen-bond acceptors (Lipinski definition) is 10. The van der Waals surface area contributed by atoms with Gasteiger partial charge in [0.2, 0.25) is 5.01 Å². The molecule has 5 rings (SSSR count). The van der Waals surface area contributed by atoms with Gasteiger partial charge in [0.15, 0.2) is 10.8 Å². The highest BCUT2D eigenvalue weighted by molar-refractivity contribution is 7.16. The lowest BCUT2D eigenvalue weighted by molar-refractivity contribution is 0.0599. The number of hydrogen-bond donors (Lipinski definition) is 2. The van der Waals surface area contributed by atoms with Crippen molar-refractivity contribution in [3.63, 3.8) is 0 Å². The Morgan fingerprint density at radius 3 is 2.83 bits per heavy atom. The van der Waals surface area contributed by atoms with Crippen LogP contribution in [0.15, 0.2) is 42.9 Å². The van der Waals surface area contributed by atoms with Crippen LogP contribution in [0.1, 0.15) is 22.6 Å². The molecule has 3 aromatic heterocycles. The number of methoxy groups -OCH3 is 1. The molecule has 4 aromatic rings. The smallest absolute Gasteiger partial charge is 0.369 e. The number of rotatable bonds is 6. The lowest BCUT2D eigenvalue weighted by atomic mass is 10.1. The number of aromatic nitrogens is 6. The summed E-state index contributed by atoms with van der Waals surface area (Å²) in [5.41, 5.74) is 3.66. The van der Waals surface area contributed by atoms with Gasteiger partial charge in [-0.1, -0.05) is 29.5 Å². The minimum atomic E-state index is -0.514. The number of nitrogens with zero attached hydrogens (tertiary/aromatic N) is 6. The molecule has 1 aromatic carbocycles. The van der Waals surface area contributed by atoms with Gasteiger partial charge < -0.3 is 15.4 Å². The van der Waals surface area contributed by atoms with Gasteiger partial charge >= 0.3 is 5.97 Å². The van der Waals surface area contributed by atoms with Crippen LogP contribution in [0.5, 0.6) is 0 Å². The van der Waals surface area contributed by atoms with Crippen molar-refractivity contribution in [1.29, 1.82) is 0 Å². The molecular weight excluding hydrogens is 488 g/mol. The Kier molecular flexibility index (Phi) is 7.69. The number of carbonyl (C=O) groups excluding carboxylic acids is 1. The van der Waals surface area contributed by atoms with Gasteiger partial charge in [-0.15, -0.1) is 22.6 Å². The summed E-state index contributed by atoms with van der Waals surface area (Å²) in [7, 11) is 3.22. The first-order chi connectivity index (χ1) is 16.6. The highest BCUT2D eigenvalue weighted by Gasteiger charge is 2.21. The maximum Gasteiger partial charge on any atom is 0.369 e. The number of carbonyl (C=O) groups is 1. The fraction of sp³-hybridized carbons (Fsp3) is 0.304. The first-order valence-corrected chi connectivity index (χ1v) is 11.8. The SMILES string of the molecule is COC(=O)c1nnc(-c2cnc(-c3cccc(-c4cnn(C)c4)c3)nc2NC2CCCNC2)s1.Cl. The molecule has 0 aliphatic carbocycles. The van der Waals surface area contributed by atoms with Gasteiger partial charge in [-0.25, -0.2) is 14.8 Å².